The lowest BCUT2D eigenvalue weighted by Crippen LogP contribution is -2.40. The average molecular weight is 319 g/mol. The Morgan fingerprint density at radius 3 is 2.59 bits per heavy atom. The van der Waals surface area contributed by atoms with Crippen LogP contribution in [0.1, 0.15) is 12.0 Å². The quantitative estimate of drug-likeness (QED) is 0.639. The minimum absolute atomic E-state index is 0.0342. The Kier molecular flexibility index (Phi) is 3.96. The molecule has 0 spiro atoms. The van der Waals surface area contributed by atoms with Gasteiger partial charge in [-0.05, 0) is 12.1 Å². The maximum Gasteiger partial charge on any atom is 0.416 e. The van der Waals surface area contributed by atoms with Gasteiger partial charge in [0.1, 0.15) is 11.7 Å². The van der Waals surface area contributed by atoms with E-state index >= 15 is 0 Å². The number of nitrogens with zero attached hydrogens (tertiary/aromatic N) is 2. The first-order chi connectivity index (χ1) is 10.1. The standard InChI is InChI=1S/C12H12F3N3O4/c13-12(14,15)6-1-2-8(9(3-6)18(21)22)17-5-7(19)4-10(17)11(16)20/h1-3,7,10,19H,4-5H2,(H2,16,20)/t7-,10-/m0/s1. The number of hydrogen-bond acceptors (Lipinski definition) is 5. The molecule has 1 aromatic rings. The molecular formula is C12H12F3N3O4. The van der Waals surface area contributed by atoms with E-state index in [1.165, 1.54) is 0 Å². The highest BCUT2D eigenvalue weighted by molar-refractivity contribution is 5.85. The molecule has 2 atom stereocenters. The number of amides is 1. The third kappa shape index (κ3) is 2.96. The van der Waals surface area contributed by atoms with E-state index in [0.29, 0.717) is 12.1 Å². The maximum atomic E-state index is 12.7. The number of aliphatic hydroxyl groups excluding tert-OH is 1. The van der Waals surface area contributed by atoms with Gasteiger partial charge in [0.2, 0.25) is 5.91 Å². The number of anilines is 1. The zero-order valence-electron chi connectivity index (χ0n) is 11.1. The number of β-amino-alcohol motifs (C(OH)–C–C–N with tert-alkyl or cyclic N) is 1. The second kappa shape index (κ2) is 5.44. The molecule has 1 fully saturated rings. The zero-order valence-corrected chi connectivity index (χ0v) is 11.1. The Hall–Kier alpha value is -2.36. The van der Waals surface area contributed by atoms with Crippen LogP contribution in [0, 0.1) is 10.1 Å². The fourth-order valence-corrected chi connectivity index (χ4v) is 2.44. The molecule has 0 aromatic heterocycles. The van der Waals surface area contributed by atoms with Crippen molar-refractivity contribution in [3.8, 4) is 0 Å². The Bertz CT molecular complexity index is 620. The summed E-state index contributed by atoms with van der Waals surface area (Å²) in [5.41, 5.74) is 3.03. The van der Waals surface area contributed by atoms with Gasteiger partial charge in [-0.25, -0.2) is 0 Å². The number of nitrogens with two attached hydrogens (primary N) is 1. The van der Waals surface area contributed by atoms with Crippen LogP contribution in [0.25, 0.3) is 0 Å². The molecule has 0 bridgehead atoms. The number of carbonyl (C=O) groups is 1. The van der Waals surface area contributed by atoms with Crippen LogP contribution < -0.4 is 10.6 Å². The highest BCUT2D eigenvalue weighted by Crippen LogP contribution is 2.38. The number of hydrogen-bond donors (Lipinski definition) is 2. The summed E-state index contributed by atoms with van der Waals surface area (Å²) in [6, 6.07) is 0.989. The molecule has 22 heavy (non-hydrogen) atoms. The van der Waals surface area contributed by atoms with Crippen LogP contribution in [0.3, 0.4) is 0 Å². The van der Waals surface area contributed by atoms with E-state index in [-0.39, 0.29) is 18.7 Å². The molecule has 2 rings (SSSR count). The summed E-state index contributed by atoms with van der Waals surface area (Å²) in [6.07, 6.45) is -5.70. The number of carbonyl (C=O) groups excluding carboxylic acids is 1. The molecule has 1 aliphatic heterocycles. The van der Waals surface area contributed by atoms with Gasteiger partial charge in [0.05, 0.1) is 16.6 Å². The Labute approximate surface area is 122 Å². The highest BCUT2D eigenvalue weighted by atomic mass is 19.4. The number of nitro groups is 1. The summed E-state index contributed by atoms with van der Waals surface area (Å²) in [6.45, 7) is -0.125. The van der Waals surface area contributed by atoms with Gasteiger partial charge in [0, 0.05) is 19.0 Å². The van der Waals surface area contributed by atoms with Gasteiger partial charge in [0.15, 0.2) is 0 Å². The summed E-state index contributed by atoms with van der Waals surface area (Å²) < 4.78 is 38.0. The largest absolute Gasteiger partial charge is 0.416 e. The first-order valence-corrected chi connectivity index (χ1v) is 6.21. The summed E-state index contributed by atoms with van der Waals surface area (Å²) in [5.74, 6) is -0.814. The molecule has 1 aliphatic rings. The summed E-state index contributed by atoms with van der Waals surface area (Å²) >= 11 is 0. The SMILES string of the molecule is NC(=O)[C@@H]1C[C@H](O)CN1c1ccc(C(F)(F)F)cc1[N+](=O)[O-]. The zero-order chi connectivity index (χ0) is 16.7. The molecule has 0 saturated carbocycles. The predicted molar refractivity (Wildman–Crippen MR) is 69.1 cm³/mol. The van der Waals surface area contributed by atoms with Crippen molar-refractivity contribution < 1.29 is 28.0 Å². The fraction of sp³-hybridized carbons (Fsp3) is 0.417. The highest BCUT2D eigenvalue weighted by Gasteiger charge is 2.39. The first kappa shape index (κ1) is 16.0. The van der Waals surface area contributed by atoms with Crippen LogP contribution in [0.2, 0.25) is 0 Å². The van der Waals surface area contributed by atoms with E-state index in [2.05, 4.69) is 0 Å². The third-order valence-corrected chi connectivity index (χ3v) is 3.42. The second-order valence-corrected chi connectivity index (χ2v) is 4.92. The number of benzene rings is 1. The van der Waals surface area contributed by atoms with Gasteiger partial charge >= 0.3 is 6.18 Å². The van der Waals surface area contributed by atoms with Crippen molar-refractivity contribution >= 4 is 17.3 Å². The van der Waals surface area contributed by atoms with Crippen LogP contribution in [0.15, 0.2) is 18.2 Å². The van der Waals surface area contributed by atoms with Crippen molar-refractivity contribution in [3.05, 3.63) is 33.9 Å². The molecule has 0 aliphatic carbocycles. The van der Waals surface area contributed by atoms with Gasteiger partial charge in [0.25, 0.3) is 5.69 Å². The molecule has 1 aromatic carbocycles. The smallest absolute Gasteiger partial charge is 0.391 e. The van der Waals surface area contributed by atoms with E-state index in [1.807, 2.05) is 0 Å². The minimum atomic E-state index is -4.73. The van der Waals surface area contributed by atoms with E-state index in [1.54, 1.807) is 0 Å². The molecule has 0 radical (unpaired) electrons. The second-order valence-electron chi connectivity index (χ2n) is 4.92. The molecule has 1 saturated heterocycles. The number of halogens is 3. The van der Waals surface area contributed by atoms with Crippen molar-refractivity contribution in [1.29, 1.82) is 0 Å². The number of aliphatic hydroxyl groups is 1. The summed E-state index contributed by atoms with van der Waals surface area (Å²) in [4.78, 5) is 22.6. The van der Waals surface area contributed by atoms with Crippen molar-refractivity contribution in [1.82, 2.24) is 0 Å². The van der Waals surface area contributed by atoms with Gasteiger partial charge < -0.3 is 15.7 Å². The molecule has 3 N–H and O–H groups in total. The molecule has 1 heterocycles. The van der Waals surface area contributed by atoms with Crippen molar-refractivity contribution in [3.63, 3.8) is 0 Å². The molecule has 0 unspecified atom stereocenters. The fourth-order valence-electron chi connectivity index (χ4n) is 2.44. The molecule has 7 nitrogen and oxygen atoms in total. The Morgan fingerprint density at radius 2 is 2.09 bits per heavy atom. The van der Waals surface area contributed by atoms with Crippen LogP contribution in [0.4, 0.5) is 24.5 Å². The lowest BCUT2D eigenvalue weighted by Gasteiger charge is -2.24. The Morgan fingerprint density at radius 1 is 1.45 bits per heavy atom. The molecule has 120 valence electrons. The summed E-state index contributed by atoms with van der Waals surface area (Å²) in [5, 5.41) is 20.6. The Balaban J connectivity index is 2.51. The predicted octanol–water partition coefficient (Wildman–Crippen LogP) is 1.04. The molecule has 10 heteroatoms. The van der Waals surface area contributed by atoms with Crippen molar-refractivity contribution in [2.24, 2.45) is 5.73 Å². The maximum absolute atomic E-state index is 12.7. The third-order valence-electron chi connectivity index (χ3n) is 3.42. The lowest BCUT2D eigenvalue weighted by molar-refractivity contribution is -0.384. The number of alkyl halides is 3. The minimum Gasteiger partial charge on any atom is -0.391 e. The molecular weight excluding hydrogens is 307 g/mol. The van der Waals surface area contributed by atoms with E-state index < -0.39 is 40.4 Å². The van der Waals surface area contributed by atoms with Gasteiger partial charge in [-0.1, -0.05) is 0 Å². The van der Waals surface area contributed by atoms with E-state index in [0.717, 1.165) is 11.0 Å². The molecule has 1 amide bonds. The van der Waals surface area contributed by atoms with Crippen LogP contribution in [0.5, 0.6) is 0 Å². The van der Waals surface area contributed by atoms with Crippen LogP contribution in [-0.2, 0) is 11.0 Å². The lowest BCUT2D eigenvalue weighted by atomic mass is 10.1. The number of nitro benzene ring substituents is 1. The first-order valence-electron chi connectivity index (χ1n) is 6.21. The van der Waals surface area contributed by atoms with Gasteiger partial charge in [-0.3, -0.25) is 14.9 Å². The van der Waals surface area contributed by atoms with Crippen molar-refractivity contribution in [2.75, 3.05) is 11.4 Å². The number of rotatable bonds is 3. The van der Waals surface area contributed by atoms with E-state index in [4.69, 9.17) is 5.73 Å². The average Bonchev–Trinajstić information content (AvgIpc) is 2.79. The van der Waals surface area contributed by atoms with Gasteiger partial charge in [-0.15, -0.1) is 0 Å². The van der Waals surface area contributed by atoms with Crippen molar-refractivity contribution in [2.45, 2.75) is 24.7 Å². The van der Waals surface area contributed by atoms with E-state index in [9.17, 15) is 33.2 Å². The topological polar surface area (TPSA) is 110 Å². The summed E-state index contributed by atoms with van der Waals surface area (Å²) in [7, 11) is 0. The monoisotopic (exact) mass is 319 g/mol. The number of primary amides is 1. The van der Waals surface area contributed by atoms with Gasteiger partial charge in [-0.2, -0.15) is 13.2 Å². The van der Waals surface area contributed by atoms with Crippen LogP contribution in [-0.4, -0.2) is 34.6 Å². The van der Waals surface area contributed by atoms with Crippen LogP contribution >= 0.6 is 0 Å². The normalized spacial score (nSPS) is 21.9.